The quantitative estimate of drug-likeness (QED) is 0.839. The number of aryl methyl sites for hydroxylation is 1. The zero-order valence-electron chi connectivity index (χ0n) is 13.7. The van der Waals surface area contributed by atoms with Gasteiger partial charge in [0.2, 0.25) is 10.0 Å². The fourth-order valence-corrected chi connectivity index (χ4v) is 3.39. The van der Waals surface area contributed by atoms with E-state index >= 15 is 0 Å². The van der Waals surface area contributed by atoms with E-state index in [1.54, 1.807) is 6.07 Å². The summed E-state index contributed by atoms with van der Waals surface area (Å²) >= 11 is 0. The fraction of sp³-hybridized carbons (Fsp3) is 0.294. The van der Waals surface area contributed by atoms with Gasteiger partial charge in [-0.3, -0.25) is 0 Å². The molecule has 0 spiro atoms. The van der Waals surface area contributed by atoms with E-state index < -0.39 is 21.8 Å². The van der Waals surface area contributed by atoms with Gasteiger partial charge in [-0.05, 0) is 41.8 Å². The molecule has 0 aromatic heterocycles. The topological polar surface area (TPSA) is 55.4 Å². The molecule has 2 aromatic rings. The highest BCUT2D eigenvalue weighted by molar-refractivity contribution is 7.89. The van der Waals surface area contributed by atoms with Gasteiger partial charge in [0.1, 0.15) is 5.75 Å². The molecule has 0 heterocycles. The Hall–Kier alpha value is -2.06. The monoisotopic (exact) mass is 373 g/mol. The third-order valence-electron chi connectivity index (χ3n) is 3.66. The normalized spacial score (nSPS) is 12.2. The molecule has 136 valence electrons. The number of benzene rings is 2. The lowest BCUT2D eigenvalue weighted by Gasteiger charge is -2.12. The van der Waals surface area contributed by atoms with E-state index in [4.69, 9.17) is 4.74 Å². The van der Waals surface area contributed by atoms with E-state index in [-0.39, 0.29) is 17.0 Å². The molecule has 8 heteroatoms. The minimum atomic E-state index is -4.47. The lowest BCUT2D eigenvalue weighted by molar-refractivity contribution is -0.137. The fourth-order valence-electron chi connectivity index (χ4n) is 2.32. The van der Waals surface area contributed by atoms with Crippen molar-refractivity contribution >= 4 is 10.0 Å². The van der Waals surface area contributed by atoms with Crippen molar-refractivity contribution in [1.82, 2.24) is 4.72 Å². The highest BCUT2D eigenvalue weighted by Gasteiger charge is 2.30. The minimum Gasteiger partial charge on any atom is -0.496 e. The molecule has 0 bridgehead atoms. The Bertz CT molecular complexity index is 848. The van der Waals surface area contributed by atoms with Gasteiger partial charge in [0, 0.05) is 6.54 Å². The molecule has 25 heavy (non-hydrogen) atoms. The number of sulfonamides is 1. The molecular formula is C17H18F3NO3S. The van der Waals surface area contributed by atoms with Crippen molar-refractivity contribution in [2.24, 2.45) is 0 Å². The molecule has 2 aromatic carbocycles. The van der Waals surface area contributed by atoms with Crippen LogP contribution >= 0.6 is 0 Å². The van der Waals surface area contributed by atoms with Crippen LogP contribution in [0.25, 0.3) is 0 Å². The second-order valence-corrected chi connectivity index (χ2v) is 7.12. The number of halogens is 3. The van der Waals surface area contributed by atoms with E-state index in [0.29, 0.717) is 12.2 Å². The highest BCUT2D eigenvalue weighted by atomic mass is 32.2. The van der Waals surface area contributed by atoms with E-state index in [1.807, 2.05) is 6.92 Å². The highest BCUT2D eigenvalue weighted by Crippen LogP contribution is 2.29. The number of nitrogens with one attached hydrogen (secondary N) is 1. The maximum absolute atomic E-state index is 12.7. The van der Waals surface area contributed by atoms with Gasteiger partial charge in [-0.25, -0.2) is 13.1 Å². The molecular weight excluding hydrogens is 355 g/mol. The smallest absolute Gasteiger partial charge is 0.416 e. The van der Waals surface area contributed by atoms with Gasteiger partial charge in [-0.1, -0.05) is 25.1 Å². The summed E-state index contributed by atoms with van der Waals surface area (Å²) in [4.78, 5) is 0.0390. The van der Waals surface area contributed by atoms with Crippen LogP contribution in [-0.4, -0.2) is 15.5 Å². The number of hydrogen-bond acceptors (Lipinski definition) is 3. The average molecular weight is 373 g/mol. The third-order valence-corrected chi connectivity index (χ3v) is 5.06. The largest absolute Gasteiger partial charge is 0.496 e. The summed E-state index contributed by atoms with van der Waals surface area (Å²) in [6.07, 6.45) is -3.89. The zero-order valence-corrected chi connectivity index (χ0v) is 14.5. The van der Waals surface area contributed by atoms with Gasteiger partial charge in [-0.2, -0.15) is 13.2 Å². The van der Waals surface area contributed by atoms with Crippen molar-refractivity contribution in [3.05, 3.63) is 59.2 Å². The number of rotatable bonds is 6. The molecule has 0 atom stereocenters. The molecule has 0 saturated heterocycles. The predicted molar refractivity (Wildman–Crippen MR) is 87.8 cm³/mol. The summed E-state index contributed by atoms with van der Waals surface area (Å²) < 4.78 is 70.4. The molecule has 0 fully saturated rings. The van der Waals surface area contributed by atoms with Crippen LogP contribution in [0.2, 0.25) is 0 Å². The summed E-state index contributed by atoms with van der Waals surface area (Å²) in [5.41, 5.74) is 0.133. The average Bonchev–Trinajstić information content (AvgIpc) is 2.59. The Kier molecular flexibility index (Phi) is 5.74. The second kappa shape index (κ2) is 7.45. The van der Waals surface area contributed by atoms with Crippen molar-refractivity contribution < 1.29 is 26.3 Å². The molecule has 0 aliphatic heterocycles. The third kappa shape index (κ3) is 4.73. The predicted octanol–water partition coefficient (Wildman–Crippen LogP) is 3.75. The van der Waals surface area contributed by atoms with Gasteiger partial charge >= 0.3 is 6.18 Å². The second-order valence-electron chi connectivity index (χ2n) is 5.35. The van der Waals surface area contributed by atoms with Gasteiger partial charge in [-0.15, -0.1) is 0 Å². The lowest BCUT2D eigenvalue weighted by atomic mass is 10.1. The van der Waals surface area contributed by atoms with E-state index in [0.717, 1.165) is 17.7 Å². The molecule has 0 saturated carbocycles. The van der Waals surface area contributed by atoms with Gasteiger partial charge in [0.25, 0.3) is 0 Å². The van der Waals surface area contributed by atoms with Gasteiger partial charge in [0.15, 0.2) is 0 Å². The molecule has 1 N–H and O–H groups in total. The number of methoxy groups -OCH3 is 1. The summed E-state index contributed by atoms with van der Waals surface area (Å²) in [5.74, 6) is 0.583. The zero-order chi connectivity index (χ0) is 18.7. The van der Waals surface area contributed by atoms with Crippen LogP contribution in [0.3, 0.4) is 0 Å². The van der Waals surface area contributed by atoms with Crippen molar-refractivity contribution in [1.29, 1.82) is 0 Å². The number of hydrogen-bond donors (Lipinski definition) is 1. The summed E-state index contributed by atoms with van der Waals surface area (Å²) in [6.45, 7) is 1.63. The van der Waals surface area contributed by atoms with E-state index in [1.165, 1.54) is 31.4 Å². The molecule has 0 amide bonds. The molecule has 0 aliphatic rings. The number of ether oxygens (including phenoxy) is 1. The minimum absolute atomic E-state index is 0.0390. The van der Waals surface area contributed by atoms with Crippen LogP contribution in [-0.2, 0) is 29.2 Å². The Labute approximate surface area is 144 Å². The first-order valence-corrected chi connectivity index (χ1v) is 8.98. The van der Waals surface area contributed by atoms with Crippen LogP contribution in [0.15, 0.2) is 47.4 Å². The first-order chi connectivity index (χ1) is 11.7. The van der Waals surface area contributed by atoms with Crippen LogP contribution in [0.1, 0.15) is 23.6 Å². The molecule has 4 nitrogen and oxygen atoms in total. The van der Waals surface area contributed by atoms with Crippen LogP contribution in [0, 0.1) is 0 Å². The Balaban J connectivity index is 2.20. The van der Waals surface area contributed by atoms with Crippen molar-refractivity contribution in [2.75, 3.05) is 7.11 Å². The Morgan fingerprint density at radius 2 is 1.84 bits per heavy atom. The molecule has 0 aliphatic carbocycles. The summed E-state index contributed by atoms with van der Waals surface area (Å²) in [5, 5.41) is 0. The van der Waals surface area contributed by atoms with Crippen LogP contribution in [0.4, 0.5) is 13.2 Å². The maximum atomic E-state index is 12.7. The molecule has 0 unspecified atom stereocenters. The first kappa shape index (κ1) is 19.3. The SMILES string of the molecule is CCc1cc(S(=O)(=O)NCc2cccc(C(F)(F)F)c2)ccc1OC. The molecule has 2 rings (SSSR count). The summed E-state index contributed by atoms with van der Waals surface area (Å²) in [6, 6.07) is 8.98. The molecule has 0 radical (unpaired) electrons. The first-order valence-electron chi connectivity index (χ1n) is 7.50. The van der Waals surface area contributed by atoms with Gasteiger partial charge < -0.3 is 4.74 Å². The van der Waals surface area contributed by atoms with Gasteiger partial charge in [0.05, 0.1) is 17.6 Å². The lowest BCUT2D eigenvalue weighted by Crippen LogP contribution is -2.23. The number of alkyl halides is 3. The maximum Gasteiger partial charge on any atom is 0.416 e. The summed E-state index contributed by atoms with van der Waals surface area (Å²) in [7, 11) is -2.36. The Morgan fingerprint density at radius 3 is 2.44 bits per heavy atom. The van der Waals surface area contributed by atoms with Crippen LogP contribution < -0.4 is 9.46 Å². The standard InChI is InChI=1S/C17H18F3NO3S/c1-3-13-10-15(7-8-16(13)24-2)25(22,23)21-11-12-5-4-6-14(9-12)17(18,19)20/h4-10,21H,3,11H2,1-2H3. The van der Waals surface area contributed by atoms with E-state index in [2.05, 4.69) is 4.72 Å². The van der Waals surface area contributed by atoms with Crippen molar-refractivity contribution in [3.63, 3.8) is 0 Å². The van der Waals surface area contributed by atoms with E-state index in [9.17, 15) is 21.6 Å². The Morgan fingerprint density at radius 1 is 1.12 bits per heavy atom. The van der Waals surface area contributed by atoms with Crippen LogP contribution in [0.5, 0.6) is 5.75 Å². The van der Waals surface area contributed by atoms with Crippen molar-refractivity contribution in [3.8, 4) is 5.75 Å². The van der Waals surface area contributed by atoms with Crippen molar-refractivity contribution in [2.45, 2.75) is 31.0 Å².